The maximum Gasteiger partial charge on any atom is 0.0280 e. The summed E-state index contributed by atoms with van der Waals surface area (Å²) < 4.78 is 0. The van der Waals surface area contributed by atoms with Crippen LogP contribution < -0.4 is 0 Å². The van der Waals surface area contributed by atoms with Gasteiger partial charge in [0.1, 0.15) is 0 Å². The maximum absolute atomic E-state index is 4.00. The molecule has 0 atom stereocenters. The van der Waals surface area contributed by atoms with Crippen LogP contribution in [0.5, 0.6) is 0 Å². The summed E-state index contributed by atoms with van der Waals surface area (Å²) in [5, 5.41) is 2.17. The molecule has 0 aliphatic rings. The molecule has 1 heterocycles. The molecule has 22 heavy (non-hydrogen) atoms. The third-order valence-electron chi connectivity index (χ3n) is 3.19. The number of allylic oxidation sites excluding steroid dienone is 1. The normalized spacial score (nSPS) is 11.2. The van der Waals surface area contributed by atoms with E-state index in [4.69, 9.17) is 0 Å². The Hall–Kier alpha value is -1.98. The van der Waals surface area contributed by atoms with Crippen LogP contribution >= 0.6 is 11.8 Å². The molecule has 0 saturated carbocycles. The second kappa shape index (κ2) is 8.46. The lowest BCUT2D eigenvalue weighted by atomic mass is 9.86. The van der Waals surface area contributed by atoms with E-state index in [0.717, 1.165) is 18.4 Å². The predicted molar refractivity (Wildman–Crippen MR) is 95.6 cm³/mol. The molecule has 0 aliphatic heterocycles. The highest BCUT2D eigenvalue weighted by atomic mass is 32.2. The molecular weight excluding hydrogens is 286 g/mol. The Morgan fingerprint density at radius 2 is 1.82 bits per heavy atom. The van der Waals surface area contributed by atoms with Gasteiger partial charge in [0.25, 0.3) is 0 Å². The van der Waals surface area contributed by atoms with Crippen molar-refractivity contribution in [1.82, 2.24) is 4.98 Å². The number of rotatable bonds is 5. The van der Waals surface area contributed by atoms with Crippen LogP contribution in [0.2, 0.25) is 0 Å². The lowest BCUT2D eigenvalue weighted by Gasteiger charge is -2.19. The topological polar surface area (TPSA) is 12.9 Å². The van der Waals surface area contributed by atoms with Crippen molar-refractivity contribution in [2.24, 2.45) is 5.41 Å². The highest BCUT2D eigenvalue weighted by molar-refractivity contribution is 8.02. The van der Waals surface area contributed by atoms with Crippen molar-refractivity contribution in [1.29, 1.82) is 0 Å². The van der Waals surface area contributed by atoms with Gasteiger partial charge < -0.3 is 0 Å². The summed E-state index contributed by atoms with van der Waals surface area (Å²) >= 11 is 1.76. The van der Waals surface area contributed by atoms with E-state index in [0.29, 0.717) is 0 Å². The van der Waals surface area contributed by atoms with Crippen LogP contribution in [0, 0.1) is 17.3 Å². The van der Waals surface area contributed by atoms with Gasteiger partial charge in [-0.25, -0.2) is 0 Å². The first-order valence-electron chi connectivity index (χ1n) is 7.41. The summed E-state index contributed by atoms with van der Waals surface area (Å²) in [6, 6.07) is 14.3. The van der Waals surface area contributed by atoms with Gasteiger partial charge >= 0.3 is 0 Å². The molecule has 0 aliphatic carbocycles. The van der Waals surface area contributed by atoms with Crippen LogP contribution in [0.25, 0.3) is 0 Å². The van der Waals surface area contributed by atoms with E-state index in [9.17, 15) is 0 Å². The van der Waals surface area contributed by atoms with Gasteiger partial charge in [-0.1, -0.05) is 61.7 Å². The molecule has 0 radical (unpaired) electrons. The van der Waals surface area contributed by atoms with Crippen LogP contribution in [-0.4, -0.2) is 4.98 Å². The fraction of sp³-hybridized carbons (Fsp3) is 0.250. The molecule has 1 nitrogen and oxygen atoms in total. The van der Waals surface area contributed by atoms with Crippen molar-refractivity contribution in [2.75, 3.05) is 0 Å². The van der Waals surface area contributed by atoms with E-state index in [1.54, 1.807) is 24.2 Å². The summed E-state index contributed by atoms with van der Waals surface area (Å²) in [7, 11) is 0. The van der Waals surface area contributed by atoms with Crippen molar-refractivity contribution in [3.63, 3.8) is 0 Å². The number of nitrogens with zero attached hydrogens (tertiary/aromatic N) is 1. The fourth-order valence-electron chi connectivity index (χ4n) is 1.89. The molecule has 0 N–H and O–H groups in total. The lowest BCUT2D eigenvalue weighted by Crippen LogP contribution is -2.08. The van der Waals surface area contributed by atoms with Gasteiger partial charge in [0, 0.05) is 29.3 Å². The summed E-state index contributed by atoms with van der Waals surface area (Å²) in [5.41, 5.74) is 1.22. The molecule has 1 aromatic carbocycles. The zero-order valence-corrected chi connectivity index (χ0v) is 13.9. The number of hydrogen-bond donors (Lipinski definition) is 0. The maximum atomic E-state index is 4.00. The second-order valence-electron chi connectivity index (χ2n) is 5.89. The van der Waals surface area contributed by atoms with Crippen LogP contribution in [0.1, 0.15) is 32.3 Å². The molecule has 1 aromatic heterocycles. The quantitative estimate of drug-likeness (QED) is 0.531. The zero-order valence-electron chi connectivity index (χ0n) is 13.1. The van der Waals surface area contributed by atoms with Crippen molar-refractivity contribution in [3.05, 3.63) is 71.9 Å². The van der Waals surface area contributed by atoms with Crippen molar-refractivity contribution >= 4 is 11.8 Å². The standard InChI is InChI=1S/C20H21NS/c1-20(2,13-6-8-18-11-15-21-16-12-18)14-7-17-22-19-9-4-3-5-10-19/h3-5,7,9-12,15-17H,13-14H2,1-2H3/b17-7+. The first kappa shape index (κ1) is 16.4. The largest absolute Gasteiger partial charge is 0.265 e. The van der Waals surface area contributed by atoms with Crippen molar-refractivity contribution in [2.45, 2.75) is 31.6 Å². The Morgan fingerprint density at radius 3 is 2.55 bits per heavy atom. The molecule has 0 fully saturated rings. The summed E-state index contributed by atoms with van der Waals surface area (Å²) in [6.07, 6.45) is 7.71. The monoisotopic (exact) mass is 307 g/mol. The van der Waals surface area contributed by atoms with Crippen LogP contribution in [0.4, 0.5) is 0 Å². The molecule has 0 saturated heterocycles. The molecule has 0 spiro atoms. The summed E-state index contributed by atoms with van der Waals surface area (Å²) in [5.74, 6) is 6.48. The van der Waals surface area contributed by atoms with Gasteiger partial charge in [-0.3, -0.25) is 4.98 Å². The zero-order chi connectivity index (χ0) is 15.7. The molecule has 0 amide bonds. The minimum Gasteiger partial charge on any atom is -0.265 e. The molecule has 2 aromatic rings. The van der Waals surface area contributed by atoms with Gasteiger partial charge in [-0.2, -0.15) is 0 Å². The van der Waals surface area contributed by atoms with Gasteiger partial charge in [0.05, 0.1) is 0 Å². The number of hydrogen-bond acceptors (Lipinski definition) is 2. The molecule has 0 bridgehead atoms. The smallest absolute Gasteiger partial charge is 0.0280 e. The number of aromatic nitrogens is 1. The van der Waals surface area contributed by atoms with E-state index in [1.807, 2.05) is 18.2 Å². The van der Waals surface area contributed by atoms with Gasteiger partial charge in [-0.15, -0.1) is 0 Å². The van der Waals surface area contributed by atoms with E-state index >= 15 is 0 Å². The first-order valence-corrected chi connectivity index (χ1v) is 8.29. The molecular formula is C20H21NS. The Morgan fingerprint density at radius 1 is 1.09 bits per heavy atom. The third kappa shape index (κ3) is 6.20. The molecule has 2 heteroatoms. The fourth-order valence-corrected chi connectivity index (χ4v) is 2.55. The second-order valence-corrected chi connectivity index (χ2v) is 6.86. The molecule has 112 valence electrons. The Labute approximate surface area is 137 Å². The van der Waals surface area contributed by atoms with Gasteiger partial charge in [-0.05, 0) is 41.5 Å². The third-order valence-corrected chi connectivity index (χ3v) is 4.07. The first-order chi connectivity index (χ1) is 10.7. The van der Waals surface area contributed by atoms with E-state index in [1.165, 1.54) is 4.90 Å². The lowest BCUT2D eigenvalue weighted by molar-refractivity contribution is 0.383. The number of benzene rings is 1. The average molecular weight is 307 g/mol. The number of thioether (sulfide) groups is 1. The Bertz CT molecular complexity index is 648. The molecule has 2 rings (SSSR count). The van der Waals surface area contributed by atoms with Crippen LogP contribution in [-0.2, 0) is 0 Å². The predicted octanol–water partition coefficient (Wildman–Crippen LogP) is 5.55. The van der Waals surface area contributed by atoms with Gasteiger partial charge in [0.2, 0.25) is 0 Å². The minimum absolute atomic E-state index is 0.188. The SMILES string of the molecule is CC(C)(CC#Cc1ccncc1)C/C=C/Sc1ccccc1. The van der Waals surface area contributed by atoms with E-state index in [-0.39, 0.29) is 5.41 Å². The van der Waals surface area contributed by atoms with Crippen molar-refractivity contribution < 1.29 is 0 Å². The Kier molecular flexibility index (Phi) is 6.30. The summed E-state index contributed by atoms with van der Waals surface area (Å²) in [4.78, 5) is 5.27. The summed E-state index contributed by atoms with van der Waals surface area (Å²) in [6.45, 7) is 4.51. The van der Waals surface area contributed by atoms with Crippen LogP contribution in [0.15, 0.2) is 71.2 Å². The van der Waals surface area contributed by atoms with E-state index < -0.39 is 0 Å². The highest BCUT2D eigenvalue weighted by Crippen LogP contribution is 2.26. The van der Waals surface area contributed by atoms with Crippen LogP contribution in [0.3, 0.4) is 0 Å². The number of pyridine rings is 1. The van der Waals surface area contributed by atoms with E-state index in [2.05, 4.69) is 66.4 Å². The van der Waals surface area contributed by atoms with Crippen molar-refractivity contribution in [3.8, 4) is 11.8 Å². The minimum atomic E-state index is 0.188. The highest BCUT2D eigenvalue weighted by Gasteiger charge is 2.13. The molecule has 0 unspecified atom stereocenters. The van der Waals surface area contributed by atoms with Gasteiger partial charge in [0.15, 0.2) is 0 Å². The Balaban J connectivity index is 1.80. The average Bonchev–Trinajstić information content (AvgIpc) is 2.53.